The maximum Gasteiger partial charge on any atom is 0.345 e. The molecule has 0 aromatic carbocycles. The number of cyclic esters (lactones) is 1. The van der Waals surface area contributed by atoms with E-state index in [4.69, 9.17) is 18.9 Å². The predicted molar refractivity (Wildman–Crippen MR) is 73.1 cm³/mol. The zero-order valence-electron chi connectivity index (χ0n) is 12.6. The minimum atomic E-state index is -0.851. The Morgan fingerprint density at radius 2 is 2.24 bits per heavy atom. The first-order valence-corrected chi connectivity index (χ1v) is 7.02. The Morgan fingerprint density at radius 1 is 1.48 bits per heavy atom. The van der Waals surface area contributed by atoms with Crippen LogP contribution < -0.4 is 4.74 Å². The van der Waals surface area contributed by atoms with Crippen molar-refractivity contribution >= 4 is 5.97 Å². The molecule has 1 aromatic rings. The van der Waals surface area contributed by atoms with Gasteiger partial charge in [-0.05, 0) is 26.3 Å². The van der Waals surface area contributed by atoms with E-state index >= 15 is 0 Å². The summed E-state index contributed by atoms with van der Waals surface area (Å²) < 4.78 is 22.5. The Labute approximate surface area is 123 Å². The zero-order chi connectivity index (χ0) is 15.3. The van der Waals surface area contributed by atoms with E-state index in [2.05, 4.69) is 4.98 Å². The number of hydrogen-bond acceptors (Lipinski definition) is 6. The maximum absolute atomic E-state index is 12.3. The molecule has 0 saturated carbocycles. The second kappa shape index (κ2) is 4.68. The van der Waals surface area contributed by atoms with E-state index in [0.29, 0.717) is 18.6 Å². The molecule has 2 aliphatic heterocycles. The first-order valence-electron chi connectivity index (χ1n) is 7.02. The van der Waals surface area contributed by atoms with Crippen molar-refractivity contribution < 1.29 is 23.7 Å². The first-order chi connectivity index (χ1) is 9.93. The van der Waals surface area contributed by atoms with E-state index in [1.54, 1.807) is 12.3 Å². The summed E-state index contributed by atoms with van der Waals surface area (Å²) in [4.78, 5) is 16.4. The Balaban J connectivity index is 2.09. The van der Waals surface area contributed by atoms with Gasteiger partial charge < -0.3 is 18.9 Å². The second-order valence-corrected chi connectivity index (χ2v) is 5.69. The van der Waals surface area contributed by atoms with Gasteiger partial charge in [0, 0.05) is 11.8 Å². The van der Waals surface area contributed by atoms with Crippen LogP contribution in [0.5, 0.6) is 5.88 Å². The topological polar surface area (TPSA) is 66.9 Å². The van der Waals surface area contributed by atoms with Crippen molar-refractivity contribution in [1.82, 2.24) is 4.98 Å². The molecule has 0 aliphatic carbocycles. The summed E-state index contributed by atoms with van der Waals surface area (Å²) in [6.45, 7) is 6.03. The van der Waals surface area contributed by atoms with Crippen LogP contribution in [-0.2, 0) is 19.8 Å². The van der Waals surface area contributed by atoms with E-state index in [9.17, 15) is 4.79 Å². The van der Waals surface area contributed by atoms with Gasteiger partial charge in [-0.2, -0.15) is 0 Å². The van der Waals surface area contributed by atoms with Gasteiger partial charge in [0.2, 0.25) is 5.88 Å². The van der Waals surface area contributed by atoms with Crippen molar-refractivity contribution in [3.05, 3.63) is 23.4 Å². The monoisotopic (exact) mass is 293 g/mol. The van der Waals surface area contributed by atoms with Gasteiger partial charge in [0.05, 0.1) is 13.7 Å². The molecule has 1 fully saturated rings. The van der Waals surface area contributed by atoms with Gasteiger partial charge in [0.1, 0.15) is 11.7 Å². The Morgan fingerprint density at radius 3 is 2.81 bits per heavy atom. The van der Waals surface area contributed by atoms with Crippen LogP contribution in [-0.4, -0.2) is 36.6 Å². The standard InChI is InChI=1S/C15H19NO5/c1-5-15(10-8-19-14(2,3)20-10)9-6-7-16-12(18-4)11(9)13(17)21-15/h6-7,10H,5,8H2,1-4H3. The number of hydrogen-bond donors (Lipinski definition) is 0. The summed E-state index contributed by atoms with van der Waals surface area (Å²) >= 11 is 0. The smallest absolute Gasteiger partial charge is 0.345 e. The molecule has 6 nitrogen and oxygen atoms in total. The summed E-state index contributed by atoms with van der Waals surface area (Å²) in [5.41, 5.74) is 0.291. The molecule has 0 N–H and O–H groups in total. The third kappa shape index (κ3) is 2.01. The first kappa shape index (κ1) is 14.3. The van der Waals surface area contributed by atoms with Crippen molar-refractivity contribution in [3.63, 3.8) is 0 Å². The number of fused-ring (bicyclic) bond motifs is 1. The summed E-state index contributed by atoms with van der Waals surface area (Å²) in [5, 5.41) is 0. The number of carbonyl (C=O) groups excluding carboxylic acids is 1. The van der Waals surface area contributed by atoms with E-state index in [0.717, 1.165) is 5.56 Å². The average molecular weight is 293 g/mol. The molecule has 0 bridgehead atoms. The van der Waals surface area contributed by atoms with Crippen molar-refractivity contribution in [3.8, 4) is 5.88 Å². The minimum Gasteiger partial charge on any atom is -0.480 e. The highest BCUT2D eigenvalue weighted by Gasteiger charge is 2.56. The minimum absolute atomic E-state index is 0.283. The summed E-state index contributed by atoms with van der Waals surface area (Å²) in [7, 11) is 1.49. The predicted octanol–water partition coefficient (Wildman–Crippen LogP) is 2.02. The van der Waals surface area contributed by atoms with Crippen LogP contribution in [0.2, 0.25) is 0 Å². The lowest BCUT2D eigenvalue weighted by Crippen LogP contribution is -2.42. The van der Waals surface area contributed by atoms with Crippen LogP contribution in [0.3, 0.4) is 0 Å². The fourth-order valence-electron chi connectivity index (χ4n) is 3.06. The number of nitrogens with zero attached hydrogens (tertiary/aromatic N) is 1. The zero-order valence-corrected chi connectivity index (χ0v) is 12.6. The van der Waals surface area contributed by atoms with Crippen molar-refractivity contribution in [2.75, 3.05) is 13.7 Å². The van der Waals surface area contributed by atoms with Crippen LogP contribution in [0.25, 0.3) is 0 Å². The molecule has 3 rings (SSSR count). The summed E-state index contributed by atoms with van der Waals surface area (Å²) in [5.74, 6) is -0.824. The number of pyridine rings is 1. The molecular formula is C15H19NO5. The number of esters is 1. The largest absolute Gasteiger partial charge is 0.480 e. The molecule has 2 atom stereocenters. The molecule has 0 spiro atoms. The normalized spacial score (nSPS) is 30.1. The third-order valence-electron chi connectivity index (χ3n) is 4.10. The molecule has 2 unspecified atom stereocenters. The molecule has 1 aromatic heterocycles. The lowest BCUT2D eigenvalue weighted by molar-refractivity contribution is -0.171. The Hall–Kier alpha value is -1.66. The highest BCUT2D eigenvalue weighted by Crippen LogP contribution is 2.47. The van der Waals surface area contributed by atoms with Crippen LogP contribution >= 0.6 is 0 Å². The number of methoxy groups -OCH3 is 1. The number of carbonyl (C=O) groups is 1. The summed E-state index contributed by atoms with van der Waals surface area (Å²) in [6, 6.07) is 1.79. The van der Waals surface area contributed by atoms with Gasteiger partial charge in [-0.3, -0.25) is 0 Å². The molecule has 6 heteroatoms. The van der Waals surface area contributed by atoms with E-state index < -0.39 is 17.4 Å². The fourth-order valence-corrected chi connectivity index (χ4v) is 3.06. The van der Waals surface area contributed by atoms with E-state index in [-0.39, 0.29) is 12.0 Å². The highest BCUT2D eigenvalue weighted by molar-refractivity contribution is 5.97. The molecular weight excluding hydrogens is 274 g/mol. The molecule has 114 valence electrons. The van der Waals surface area contributed by atoms with Gasteiger partial charge in [-0.25, -0.2) is 9.78 Å². The molecule has 3 heterocycles. The lowest BCUT2D eigenvalue weighted by Gasteiger charge is -2.33. The molecule has 21 heavy (non-hydrogen) atoms. The van der Waals surface area contributed by atoms with Crippen molar-refractivity contribution in [2.45, 2.75) is 44.7 Å². The molecule has 0 radical (unpaired) electrons. The Kier molecular flexibility index (Phi) is 3.18. The lowest BCUT2D eigenvalue weighted by atomic mass is 9.85. The van der Waals surface area contributed by atoms with Crippen LogP contribution in [0.15, 0.2) is 12.3 Å². The van der Waals surface area contributed by atoms with Crippen molar-refractivity contribution in [1.29, 1.82) is 0 Å². The van der Waals surface area contributed by atoms with Crippen LogP contribution in [0, 0.1) is 0 Å². The quantitative estimate of drug-likeness (QED) is 0.794. The number of rotatable bonds is 3. The van der Waals surface area contributed by atoms with Gasteiger partial charge in [-0.15, -0.1) is 0 Å². The Bertz CT molecular complexity index is 585. The van der Waals surface area contributed by atoms with E-state index in [1.165, 1.54) is 7.11 Å². The second-order valence-electron chi connectivity index (χ2n) is 5.69. The van der Waals surface area contributed by atoms with Gasteiger partial charge in [0.15, 0.2) is 11.4 Å². The molecule has 0 amide bonds. The molecule has 2 aliphatic rings. The van der Waals surface area contributed by atoms with Gasteiger partial charge in [-0.1, -0.05) is 6.92 Å². The van der Waals surface area contributed by atoms with E-state index in [1.807, 2.05) is 20.8 Å². The third-order valence-corrected chi connectivity index (χ3v) is 4.10. The average Bonchev–Trinajstić information content (AvgIpc) is 2.97. The number of ether oxygens (including phenoxy) is 4. The van der Waals surface area contributed by atoms with Crippen LogP contribution in [0.1, 0.15) is 43.1 Å². The summed E-state index contributed by atoms with van der Waals surface area (Å²) in [6.07, 6.45) is 1.85. The van der Waals surface area contributed by atoms with Crippen LogP contribution in [0.4, 0.5) is 0 Å². The van der Waals surface area contributed by atoms with Gasteiger partial charge >= 0.3 is 5.97 Å². The fraction of sp³-hybridized carbons (Fsp3) is 0.600. The van der Waals surface area contributed by atoms with Gasteiger partial charge in [0.25, 0.3) is 0 Å². The van der Waals surface area contributed by atoms with Crippen molar-refractivity contribution in [2.24, 2.45) is 0 Å². The highest BCUT2D eigenvalue weighted by atomic mass is 16.8. The maximum atomic E-state index is 12.3. The molecule has 1 saturated heterocycles. The number of aromatic nitrogens is 1. The SMILES string of the molecule is CCC1(C2COC(C)(C)O2)OC(=O)c2c1ccnc2OC.